The van der Waals surface area contributed by atoms with Gasteiger partial charge in [-0.15, -0.1) is 0 Å². The summed E-state index contributed by atoms with van der Waals surface area (Å²) in [5.74, 6) is 1.00. The fourth-order valence-corrected chi connectivity index (χ4v) is 2.77. The van der Waals surface area contributed by atoms with Crippen molar-refractivity contribution in [3.63, 3.8) is 0 Å². The van der Waals surface area contributed by atoms with Crippen molar-refractivity contribution >= 4 is 0 Å². The van der Waals surface area contributed by atoms with Crippen LogP contribution in [-0.2, 0) is 17.4 Å². The third-order valence-corrected chi connectivity index (χ3v) is 4.36. The normalized spacial score (nSPS) is 12.2. The molecule has 136 valence electrons. The molecule has 0 radical (unpaired) electrons. The third-order valence-electron chi connectivity index (χ3n) is 4.36. The Hall–Kier alpha value is -1.80. The molecule has 0 atom stereocenters. The Morgan fingerprint density at radius 1 is 0.840 bits per heavy atom. The van der Waals surface area contributed by atoms with Gasteiger partial charge in [-0.2, -0.15) is 0 Å². The second kappa shape index (κ2) is 8.05. The van der Waals surface area contributed by atoms with Crippen LogP contribution in [0.3, 0.4) is 0 Å². The van der Waals surface area contributed by atoms with Crippen molar-refractivity contribution in [2.24, 2.45) is 0 Å². The molecular weight excluding hydrogens is 306 g/mol. The van der Waals surface area contributed by atoms with Crippen molar-refractivity contribution in [3.05, 3.63) is 65.2 Å². The number of ether oxygens (including phenoxy) is 1. The first-order chi connectivity index (χ1) is 11.7. The van der Waals surface area contributed by atoms with Crippen molar-refractivity contribution in [2.75, 3.05) is 13.2 Å². The molecule has 0 spiro atoms. The molecule has 0 amide bonds. The van der Waals surface area contributed by atoms with Crippen molar-refractivity contribution < 1.29 is 4.74 Å². The van der Waals surface area contributed by atoms with Crippen LogP contribution in [0.25, 0.3) is 0 Å². The predicted octanol–water partition coefficient (Wildman–Crippen LogP) is 5.45. The monoisotopic (exact) mass is 339 g/mol. The van der Waals surface area contributed by atoms with Gasteiger partial charge in [0.05, 0.1) is 0 Å². The van der Waals surface area contributed by atoms with Gasteiger partial charge in [0.25, 0.3) is 0 Å². The molecule has 0 aromatic heterocycles. The van der Waals surface area contributed by atoms with E-state index in [0.29, 0.717) is 6.61 Å². The van der Waals surface area contributed by atoms with E-state index in [1.165, 1.54) is 16.7 Å². The maximum Gasteiger partial charge on any atom is 0.123 e. The molecule has 0 saturated carbocycles. The highest BCUT2D eigenvalue weighted by molar-refractivity contribution is 5.43. The maximum atomic E-state index is 6.11. The first-order valence-corrected chi connectivity index (χ1v) is 9.20. The van der Waals surface area contributed by atoms with E-state index in [1.807, 2.05) is 6.07 Å². The minimum absolute atomic E-state index is 0.0636. The van der Waals surface area contributed by atoms with Gasteiger partial charge in [0.2, 0.25) is 0 Å². The van der Waals surface area contributed by atoms with Crippen LogP contribution >= 0.6 is 0 Å². The van der Waals surface area contributed by atoms with Crippen LogP contribution in [0.1, 0.15) is 58.2 Å². The molecule has 2 aromatic carbocycles. The lowest BCUT2D eigenvalue weighted by Crippen LogP contribution is -2.22. The first kappa shape index (κ1) is 19.5. The minimum atomic E-state index is 0.0636. The lowest BCUT2D eigenvalue weighted by atomic mass is 9.80. The highest BCUT2D eigenvalue weighted by atomic mass is 16.5. The lowest BCUT2D eigenvalue weighted by Gasteiger charge is -2.27. The van der Waals surface area contributed by atoms with Crippen molar-refractivity contribution in [3.8, 4) is 5.75 Å². The smallest absolute Gasteiger partial charge is 0.123 e. The Kier molecular flexibility index (Phi) is 6.29. The second-order valence-corrected chi connectivity index (χ2v) is 8.72. The average molecular weight is 340 g/mol. The first-order valence-electron chi connectivity index (χ1n) is 9.20. The van der Waals surface area contributed by atoms with Gasteiger partial charge in [-0.1, -0.05) is 84.0 Å². The summed E-state index contributed by atoms with van der Waals surface area (Å²) in [5.41, 5.74) is 4.14. The number of nitrogens with one attached hydrogen (secondary N) is 1. The van der Waals surface area contributed by atoms with E-state index in [0.717, 1.165) is 18.8 Å². The van der Waals surface area contributed by atoms with E-state index in [9.17, 15) is 0 Å². The molecule has 1 N–H and O–H groups in total. The topological polar surface area (TPSA) is 21.3 Å². The van der Waals surface area contributed by atoms with Crippen LogP contribution in [0.2, 0.25) is 0 Å². The van der Waals surface area contributed by atoms with Gasteiger partial charge in [0.1, 0.15) is 12.4 Å². The van der Waals surface area contributed by atoms with E-state index >= 15 is 0 Å². The van der Waals surface area contributed by atoms with Gasteiger partial charge in [0, 0.05) is 13.1 Å². The Bertz CT molecular complexity index is 663. The molecular formula is C23H33NO. The van der Waals surface area contributed by atoms with E-state index in [4.69, 9.17) is 4.74 Å². The van der Waals surface area contributed by atoms with Gasteiger partial charge in [-0.25, -0.2) is 0 Å². The minimum Gasteiger partial charge on any atom is -0.492 e. The van der Waals surface area contributed by atoms with Gasteiger partial charge < -0.3 is 10.1 Å². The lowest BCUT2D eigenvalue weighted by molar-refractivity contribution is 0.305. The zero-order valence-electron chi connectivity index (χ0n) is 16.6. The fourth-order valence-electron chi connectivity index (χ4n) is 2.77. The van der Waals surface area contributed by atoms with E-state index in [-0.39, 0.29) is 10.8 Å². The van der Waals surface area contributed by atoms with Crippen LogP contribution in [0.4, 0.5) is 0 Å². The maximum absolute atomic E-state index is 6.11. The molecule has 0 aliphatic carbocycles. The molecule has 0 heterocycles. The van der Waals surface area contributed by atoms with Crippen LogP contribution in [0.15, 0.2) is 48.5 Å². The highest BCUT2D eigenvalue weighted by Crippen LogP contribution is 2.35. The number of hydrogen-bond acceptors (Lipinski definition) is 2. The molecule has 0 saturated heterocycles. The van der Waals surface area contributed by atoms with Gasteiger partial charge in [0.15, 0.2) is 0 Å². The summed E-state index contributed by atoms with van der Waals surface area (Å²) in [6.07, 6.45) is 0. The molecule has 2 nitrogen and oxygen atoms in total. The summed E-state index contributed by atoms with van der Waals surface area (Å²) in [6, 6.07) is 17.1. The summed E-state index contributed by atoms with van der Waals surface area (Å²) in [6.45, 7) is 15.9. The van der Waals surface area contributed by atoms with E-state index in [2.05, 4.69) is 89.3 Å². The predicted molar refractivity (Wildman–Crippen MR) is 107 cm³/mol. The van der Waals surface area contributed by atoms with Gasteiger partial charge >= 0.3 is 0 Å². The third kappa shape index (κ3) is 5.89. The summed E-state index contributed by atoms with van der Waals surface area (Å²) >= 11 is 0. The summed E-state index contributed by atoms with van der Waals surface area (Å²) < 4.78 is 6.11. The summed E-state index contributed by atoms with van der Waals surface area (Å²) in [5, 5.41) is 3.44. The second-order valence-electron chi connectivity index (χ2n) is 8.72. The Morgan fingerprint density at radius 2 is 1.52 bits per heavy atom. The zero-order valence-corrected chi connectivity index (χ0v) is 16.6. The van der Waals surface area contributed by atoms with E-state index in [1.54, 1.807) is 0 Å². The molecule has 2 rings (SSSR count). The van der Waals surface area contributed by atoms with Crippen LogP contribution in [0.5, 0.6) is 5.75 Å². The fraction of sp³-hybridized carbons (Fsp3) is 0.478. The van der Waals surface area contributed by atoms with Crippen LogP contribution in [0, 0.1) is 0 Å². The highest BCUT2D eigenvalue weighted by Gasteiger charge is 2.22. The Balaban J connectivity index is 1.96. The summed E-state index contributed by atoms with van der Waals surface area (Å²) in [4.78, 5) is 0. The molecule has 0 fully saturated rings. The van der Waals surface area contributed by atoms with Crippen LogP contribution < -0.4 is 10.1 Å². The zero-order chi connectivity index (χ0) is 18.5. The Labute approximate surface area is 153 Å². The molecule has 0 unspecified atom stereocenters. The number of hydrogen-bond donors (Lipinski definition) is 1. The molecule has 2 heteroatoms. The number of rotatable bonds is 6. The van der Waals surface area contributed by atoms with Crippen molar-refractivity contribution in [1.82, 2.24) is 5.32 Å². The average Bonchev–Trinajstić information content (AvgIpc) is 2.53. The van der Waals surface area contributed by atoms with E-state index < -0.39 is 0 Å². The SMILES string of the molecule is CC(C)(C)c1ccc(OCCNCc2ccccc2)c(C(C)(C)C)c1. The van der Waals surface area contributed by atoms with Gasteiger partial charge in [-0.3, -0.25) is 0 Å². The standard InChI is InChI=1S/C23H33NO/c1-22(2,3)19-12-13-21(20(16-19)23(4,5)6)25-15-14-24-17-18-10-8-7-9-11-18/h7-13,16,24H,14-15,17H2,1-6H3. The van der Waals surface area contributed by atoms with Crippen molar-refractivity contribution in [1.29, 1.82) is 0 Å². The van der Waals surface area contributed by atoms with Gasteiger partial charge in [-0.05, 0) is 33.6 Å². The largest absolute Gasteiger partial charge is 0.492 e. The quantitative estimate of drug-likeness (QED) is 0.707. The molecule has 0 aliphatic heterocycles. The molecule has 2 aromatic rings. The summed E-state index contributed by atoms with van der Waals surface area (Å²) in [7, 11) is 0. The molecule has 25 heavy (non-hydrogen) atoms. The van der Waals surface area contributed by atoms with Crippen molar-refractivity contribution in [2.45, 2.75) is 58.9 Å². The number of benzene rings is 2. The Morgan fingerprint density at radius 3 is 2.12 bits per heavy atom. The molecule has 0 bridgehead atoms. The van der Waals surface area contributed by atoms with Crippen LogP contribution in [-0.4, -0.2) is 13.2 Å². The molecule has 0 aliphatic rings.